The van der Waals surface area contributed by atoms with Gasteiger partial charge in [-0.05, 0) is 61.8 Å². The van der Waals surface area contributed by atoms with Crippen LogP contribution < -0.4 is 20.0 Å². The average molecular weight is 575 g/mol. The summed E-state index contributed by atoms with van der Waals surface area (Å²) in [6.45, 7) is 4.62. The predicted octanol–water partition coefficient (Wildman–Crippen LogP) is 4.90. The predicted molar refractivity (Wildman–Crippen MR) is 158 cm³/mol. The Morgan fingerprint density at radius 1 is 0.905 bits per heavy atom. The van der Waals surface area contributed by atoms with E-state index >= 15 is 4.39 Å². The zero-order valence-corrected chi connectivity index (χ0v) is 23.4. The number of halogens is 2. The van der Waals surface area contributed by atoms with Crippen molar-refractivity contribution in [3.8, 4) is 11.4 Å². The molecule has 10 heteroatoms. The summed E-state index contributed by atoms with van der Waals surface area (Å²) >= 11 is 0. The molecule has 0 bridgehead atoms. The van der Waals surface area contributed by atoms with Crippen molar-refractivity contribution in [2.75, 3.05) is 56.2 Å². The average Bonchev–Trinajstić information content (AvgIpc) is 3.51. The Bertz CT molecular complexity index is 1690. The number of methoxy groups -OCH3 is 1. The summed E-state index contributed by atoms with van der Waals surface area (Å²) in [4.78, 5) is 31.4. The van der Waals surface area contributed by atoms with Gasteiger partial charge in [-0.15, -0.1) is 0 Å². The molecule has 2 aliphatic rings. The minimum absolute atomic E-state index is 0.0841. The Morgan fingerprint density at radius 2 is 1.57 bits per heavy atom. The molecule has 218 valence electrons. The maximum atomic E-state index is 15.8. The first-order chi connectivity index (χ1) is 20.4. The van der Waals surface area contributed by atoms with Crippen LogP contribution in [0.4, 0.5) is 20.2 Å². The van der Waals surface area contributed by atoms with Crippen molar-refractivity contribution in [2.45, 2.75) is 19.4 Å². The summed E-state index contributed by atoms with van der Waals surface area (Å²) in [5.74, 6) is -2.26. The number of carbonyl (C=O) groups is 1. The van der Waals surface area contributed by atoms with Gasteiger partial charge in [0.15, 0.2) is 11.6 Å². The number of piperazine rings is 1. The number of para-hydroxylation sites is 1. The van der Waals surface area contributed by atoms with Crippen LogP contribution in [0.2, 0.25) is 0 Å². The summed E-state index contributed by atoms with van der Waals surface area (Å²) < 4.78 is 37.6. The van der Waals surface area contributed by atoms with Gasteiger partial charge in [-0.1, -0.05) is 24.3 Å². The third kappa shape index (κ3) is 5.07. The van der Waals surface area contributed by atoms with Crippen LogP contribution in [0.25, 0.3) is 16.6 Å². The van der Waals surface area contributed by atoms with E-state index in [1.807, 2.05) is 34.1 Å². The third-order valence-corrected chi connectivity index (χ3v) is 8.21. The lowest BCUT2D eigenvalue weighted by atomic mass is 10.1. The molecule has 1 aromatic heterocycles. The van der Waals surface area contributed by atoms with Crippen LogP contribution in [0.1, 0.15) is 28.8 Å². The van der Waals surface area contributed by atoms with E-state index in [0.29, 0.717) is 37.6 Å². The lowest BCUT2D eigenvalue weighted by molar-refractivity contribution is 0.0695. The number of carboxylic acid groups (broad SMARTS) is 1. The van der Waals surface area contributed by atoms with Crippen molar-refractivity contribution < 1.29 is 23.4 Å². The van der Waals surface area contributed by atoms with Crippen molar-refractivity contribution in [1.82, 2.24) is 9.47 Å². The molecular weight excluding hydrogens is 542 g/mol. The normalized spacial score (nSPS) is 15.9. The largest absolute Gasteiger partial charge is 0.492 e. The zero-order chi connectivity index (χ0) is 29.4. The minimum Gasteiger partial charge on any atom is -0.492 e. The quantitative estimate of drug-likeness (QED) is 0.337. The number of carboxylic acids is 1. The maximum Gasteiger partial charge on any atom is 0.341 e. The molecule has 3 heterocycles. The number of fused-ring (bicyclic) bond motifs is 1. The molecule has 0 saturated carbocycles. The molecule has 1 N–H and O–H groups in total. The molecule has 2 aliphatic heterocycles. The lowest BCUT2D eigenvalue weighted by Crippen LogP contribution is -2.47. The van der Waals surface area contributed by atoms with Crippen LogP contribution >= 0.6 is 0 Å². The molecule has 0 radical (unpaired) electrons. The smallest absolute Gasteiger partial charge is 0.341 e. The maximum absolute atomic E-state index is 15.8. The number of aromatic nitrogens is 1. The fourth-order valence-corrected chi connectivity index (χ4v) is 6.10. The number of hydrogen-bond donors (Lipinski definition) is 1. The van der Waals surface area contributed by atoms with Gasteiger partial charge in [0.1, 0.15) is 22.6 Å². The van der Waals surface area contributed by atoms with Crippen LogP contribution in [0.3, 0.4) is 0 Å². The molecule has 3 aromatic carbocycles. The van der Waals surface area contributed by atoms with Crippen molar-refractivity contribution in [3.63, 3.8) is 0 Å². The Hall–Kier alpha value is -4.44. The second-order valence-corrected chi connectivity index (χ2v) is 10.8. The van der Waals surface area contributed by atoms with Crippen molar-refractivity contribution in [2.24, 2.45) is 0 Å². The number of ether oxygens (including phenoxy) is 1. The first-order valence-electron chi connectivity index (χ1n) is 14.1. The van der Waals surface area contributed by atoms with Crippen LogP contribution in [0.15, 0.2) is 65.6 Å². The van der Waals surface area contributed by atoms with Gasteiger partial charge in [0, 0.05) is 44.6 Å². The van der Waals surface area contributed by atoms with Crippen molar-refractivity contribution in [1.29, 1.82) is 0 Å². The fraction of sp³-hybridized carbons (Fsp3) is 0.312. The number of anilines is 2. The molecule has 0 unspecified atom stereocenters. The molecule has 6 rings (SSSR count). The molecule has 8 nitrogen and oxygen atoms in total. The van der Waals surface area contributed by atoms with Gasteiger partial charge in [0.05, 0.1) is 18.2 Å². The van der Waals surface area contributed by atoms with E-state index < -0.39 is 22.8 Å². The minimum atomic E-state index is -1.39. The van der Waals surface area contributed by atoms with Crippen LogP contribution in [-0.2, 0) is 6.54 Å². The highest BCUT2D eigenvalue weighted by molar-refractivity contribution is 5.97. The van der Waals surface area contributed by atoms with E-state index in [-0.39, 0.29) is 28.2 Å². The zero-order valence-electron chi connectivity index (χ0n) is 23.4. The second kappa shape index (κ2) is 11.4. The topological polar surface area (TPSA) is 78.2 Å². The van der Waals surface area contributed by atoms with E-state index in [4.69, 9.17) is 4.74 Å². The monoisotopic (exact) mass is 574 g/mol. The number of rotatable bonds is 7. The number of hydrogen-bond acceptors (Lipinski definition) is 6. The van der Waals surface area contributed by atoms with Gasteiger partial charge in [0.2, 0.25) is 5.43 Å². The van der Waals surface area contributed by atoms with Crippen molar-refractivity contribution in [3.05, 3.63) is 93.8 Å². The first-order valence-corrected chi connectivity index (χ1v) is 14.1. The first kappa shape index (κ1) is 27.7. The summed E-state index contributed by atoms with van der Waals surface area (Å²) in [5, 5.41) is 9.72. The highest BCUT2D eigenvalue weighted by Gasteiger charge is 2.29. The number of benzene rings is 3. The molecule has 2 fully saturated rings. The van der Waals surface area contributed by atoms with Gasteiger partial charge in [-0.25, -0.2) is 13.6 Å². The Kier molecular flexibility index (Phi) is 7.55. The summed E-state index contributed by atoms with van der Waals surface area (Å²) in [7, 11) is 1.41. The van der Waals surface area contributed by atoms with Crippen molar-refractivity contribution >= 4 is 28.2 Å². The van der Waals surface area contributed by atoms with Crippen LogP contribution in [0.5, 0.6) is 5.75 Å². The SMILES string of the molecule is COc1c(N2CCN(c3ccccc3F)CC2)c(F)cc2c(=O)c(C(=O)O)cn(-c3ccc(CN4CCCC4)cc3)c12. The number of aromatic carboxylic acids is 1. The molecule has 0 aliphatic carbocycles. The van der Waals surface area contributed by atoms with Gasteiger partial charge in [0.25, 0.3) is 0 Å². The standard InChI is InChI=1S/C32H32F2N4O4/c1-42-31-28-23(18-26(34)29(31)37-16-14-36(15-17-37)27-7-3-2-6-25(27)33)30(39)24(32(40)41)20-38(28)22-10-8-21(9-11-22)19-35-12-4-5-13-35/h2-3,6-11,18,20H,4-5,12-17,19H2,1H3,(H,40,41). The van der Waals surface area contributed by atoms with Crippen LogP contribution in [0, 0.1) is 11.6 Å². The molecule has 42 heavy (non-hydrogen) atoms. The fourth-order valence-electron chi connectivity index (χ4n) is 6.10. The van der Waals surface area contributed by atoms with E-state index in [2.05, 4.69) is 4.90 Å². The summed E-state index contributed by atoms with van der Waals surface area (Å²) in [6.07, 6.45) is 3.66. The second-order valence-electron chi connectivity index (χ2n) is 10.8. The van der Waals surface area contributed by atoms with E-state index in [0.717, 1.165) is 31.3 Å². The summed E-state index contributed by atoms with van der Waals surface area (Å²) in [5.41, 5.74) is 1.45. The molecule has 2 saturated heterocycles. The van der Waals surface area contributed by atoms with E-state index in [9.17, 15) is 19.1 Å². The highest BCUT2D eigenvalue weighted by Crippen LogP contribution is 2.40. The Balaban J connectivity index is 1.42. The molecular formula is C32H32F2N4O4. The van der Waals surface area contributed by atoms with Gasteiger partial charge in [-0.2, -0.15) is 0 Å². The summed E-state index contributed by atoms with van der Waals surface area (Å²) in [6, 6.07) is 15.4. The van der Waals surface area contributed by atoms with E-state index in [1.165, 1.54) is 32.2 Å². The Morgan fingerprint density at radius 3 is 2.21 bits per heavy atom. The lowest BCUT2D eigenvalue weighted by Gasteiger charge is -2.38. The van der Waals surface area contributed by atoms with Gasteiger partial charge in [-0.3, -0.25) is 9.69 Å². The molecule has 0 amide bonds. The van der Waals surface area contributed by atoms with Crippen LogP contribution in [-0.4, -0.2) is 66.9 Å². The molecule has 0 spiro atoms. The molecule has 0 atom stereocenters. The highest BCUT2D eigenvalue weighted by atomic mass is 19.1. The van der Waals surface area contributed by atoms with Gasteiger partial charge >= 0.3 is 5.97 Å². The third-order valence-electron chi connectivity index (χ3n) is 8.21. The number of likely N-dealkylation sites (tertiary alicyclic amines) is 1. The number of pyridine rings is 1. The number of nitrogens with zero attached hydrogens (tertiary/aromatic N) is 4. The van der Waals surface area contributed by atoms with Gasteiger partial charge < -0.3 is 24.2 Å². The molecule has 4 aromatic rings. The van der Waals surface area contributed by atoms with E-state index in [1.54, 1.807) is 22.8 Å². The Labute approximate surface area is 242 Å².